The molecule has 0 N–H and O–H groups in total. The van der Waals surface area contributed by atoms with Crippen LogP contribution in [0.1, 0.15) is 18.1 Å². The SMILES string of the molecule is C/C=C/c1ccc(CN2CCN(C)CC2)cc1. The summed E-state index contributed by atoms with van der Waals surface area (Å²) < 4.78 is 0. The van der Waals surface area contributed by atoms with E-state index in [4.69, 9.17) is 0 Å². The van der Waals surface area contributed by atoms with E-state index in [2.05, 4.69) is 60.2 Å². The normalized spacial score (nSPS) is 18.9. The number of rotatable bonds is 3. The van der Waals surface area contributed by atoms with Crippen LogP contribution in [0.3, 0.4) is 0 Å². The summed E-state index contributed by atoms with van der Waals surface area (Å²) in [5, 5.41) is 0. The quantitative estimate of drug-likeness (QED) is 0.787. The van der Waals surface area contributed by atoms with Crippen molar-refractivity contribution >= 4 is 6.08 Å². The Morgan fingerprint density at radius 1 is 1.06 bits per heavy atom. The molecule has 17 heavy (non-hydrogen) atoms. The molecule has 0 aromatic heterocycles. The zero-order valence-corrected chi connectivity index (χ0v) is 10.9. The maximum atomic E-state index is 2.53. The van der Waals surface area contributed by atoms with Crippen LogP contribution >= 0.6 is 0 Å². The third-order valence-electron chi connectivity index (χ3n) is 3.34. The predicted molar refractivity (Wildman–Crippen MR) is 73.9 cm³/mol. The molecule has 0 atom stereocenters. The number of allylic oxidation sites excluding steroid dienone is 1. The van der Waals surface area contributed by atoms with Crippen LogP contribution in [0.2, 0.25) is 0 Å². The van der Waals surface area contributed by atoms with Crippen molar-refractivity contribution in [3.8, 4) is 0 Å². The number of nitrogens with zero attached hydrogens (tertiary/aromatic N) is 2. The lowest BCUT2D eigenvalue weighted by Gasteiger charge is -2.32. The summed E-state index contributed by atoms with van der Waals surface area (Å²) in [5.41, 5.74) is 2.71. The van der Waals surface area contributed by atoms with Crippen LogP contribution in [0.5, 0.6) is 0 Å². The molecule has 92 valence electrons. The summed E-state index contributed by atoms with van der Waals surface area (Å²) in [7, 11) is 2.20. The second kappa shape index (κ2) is 5.99. The van der Waals surface area contributed by atoms with E-state index in [9.17, 15) is 0 Å². The number of hydrogen-bond donors (Lipinski definition) is 0. The molecule has 2 rings (SSSR count). The molecule has 0 aliphatic carbocycles. The monoisotopic (exact) mass is 230 g/mol. The highest BCUT2D eigenvalue weighted by molar-refractivity contribution is 5.49. The summed E-state index contributed by atoms with van der Waals surface area (Å²) >= 11 is 0. The van der Waals surface area contributed by atoms with E-state index >= 15 is 0 Å². The van der Waals surface area contributed by atoms with Crippen molar-refractivity contribution in [3.05, 3.63) is 41.5 Å². The van der Waals surface area contributed by atoms with Gasteiger partial charge in [0.1, 0.15) is 0 Å². The molecular formula is C15H22N2. The van der Waals surface area contributed by atoms with E-state index in [0.29, 0.717) is 0 Å². The molecule has 1 aromatic carbocycles. The predicted octanol–water partition coefficient (Wildman–Crippen LogP) is 2.47. The van der Waals surface area contributed by atoms with Gasteiger partial charge in [-0.2, -0.15) is 0 Å². The minimum atomic E-state index is 1.09. The molecule has 0 saturated carbocycles. The minimum absolute atomic E-state index is 1.09. The van der Waals surface area contributed by atoms with Crippen molar-refractivity contribution in [2.24, 2.45) is 0 Å². The van der Waals surface area contributed by atoms with Crippen LogP contribution in [-0.2, 0) is 6.54 Å². The molecule has 0 radical (unpaired) electrons. The zero-order valence-electron chi connectivity index (χ0n) is 10.9. The van der Waals surface area contributed by atoms with Gasteiger partial charge in [0.25, 0.3) is 0 Å². The largest absolute Gasteiger partial charge is 0.304 e. The first-order chi connectivity index (χ1) is 8.28. The lowest BCUT2D eigenvalue weighted by Crippen LogP contribution is -2.43. The van der Waals surface area contributed by atoms with Crippen molar-refractivity contribution < 1.29 is 0 Å². The lowest BCUT2D eigenvalue weighted by atomic mass is 10.1. The number of piperazine rings is 1. The van der Waals surface area contributed by atoms with Crippen molar-refractivity contribution in [2.45, 2.75) is 13.5 Å². The Bertz CT molecular complexity index is 359. The first kappa shape index (κ1) is 12.3. The number of hydrogen-bond acceptors (Lipinski definition) is 2. The van der Waals surface area contributed by atoms with E-state index < -0.39 is 0 Å². The maximum Gasteiger partial charge on any atom is 0.0234 e. The van der Waals surface area contributed by atoms with Gasteiger partial charge in [0, 0.05) is 32.7 Å². The molecule has 0 amide bonds. The van der Waals surface area contributed by atoms with Gasteiger partial charge in [-0.3, -0.25) is 4.90 Å². The van der Waals surface area contributed by atoms with Crippen molar-refractivity contribution in [3.63, 3.8) is 0 Å². The van der Waals surface area contributed by atoms with Crippen LogP contribution in [0.4, 0.5) is 0 Å². The number of likely N-dealkylation sites (N-methyl/N-ethyl adjacent to an activating group) is 1. The lowest BCUT2D eigenvalue weighted by molar-refractivity contribution is 0.148. The Labute approximate surface area is 105 Å². The van der Waals surface area contributed by atoms with Gasteiger partial charge in [-0.05, 0) is 25.1 Å². The molecule has 2 heteroatoms. The Morgan fingerprint density at radius 2 is 1.71 bits per heavy atom. The van der Waals surface area contributed by atoms with Crippen LogP contribution in [-0.4, -0.2) is 43.0 Å². The maximum absolute atomic E-state index is 2.53. The molecular weight excluding hydrogens is 208 g/mol. The van der Waals surface area contributed by atoms with E-state index in [1.165, 1.54) is 37.3 Å². The first-order valence-corrected chi connectivity index (χ1v) is 6.40. The summed E-state index contributed by atoms with van der Waals surface area (Å²) in [6.45, 7) is 7.90. The van der Waals surface area contributed by atoms with Gasteiger partial charge in [-0.25, -0.2) is 0 Å². The molecule has 2 nitrogen and oxygen atoms in total. The van der Waals surface area contributed by atoms with Gasteiger partial charge < -0.3 is 4.90 Å². The van der Waals surface area contributed by atoms with Crippen molar-refractivity contribution in [2.75, 3.05) is 33.2 Å². The van der Waals surface area contributed by atoms with Gasteiger partial charge >= 0.3 is 0 Å². The highest BCUT2D eigenvalue weighted by atomic mass is 15.2. The molecule has 1 saturated heterocycles. The summed E-state index contributed by atoms with van der Waals surface area (Å²) in [5.74, 6) is 0. The van der Waals surface area contributed by atoms with Gasteiger partial charge in [0.15, 0.2) is 0 Å². The third kappa shape index (κ3) is 3.69. The van der Waals surface area contributed by atoms with Crippen LogP contribution in [0, 0.1) is 0 Å². The van der Waals surface area contributed by atoms with Gasteiger partial charge in [-0.15, -0.1) is 0 Å². The zero-order chi connectivity index (χ0) is 12.1. The van der Waals surface area contributed by atoms with E-state index in [-0.39, 0.29) is 0 Å². The average molecular weight is 230 g/mol. The Balaban J connectivity index is 1.90. The summed E-state index contributed by atoms with van der Waals surface area (Å²) in [6, 6.07) is 8.89. The molecule has 1 aromatic rings. The van der Waals surface area contributed by atoms with E-state index in [0.717, 1.165) is 6.54 Å². The van der Waals surface area contributed by atoms with E-state index in [1.807, 2.05) is 0 Å². The smallest absolute Gasteiger partial charge is 0.0234 e. The molecule has 1 fully saturated rings. The van der Waals surface area contributed by atoms with Gasteiger partial charge in [-0.1, -0.05) is 36.4 Å². The second-order valence-electron chi connectivity index (χ2n) is 4.82. The highest BCUT2D eigenvalue weighted by Crippen LogP contribution is 2.10. The molecule has 1 aliphatic heterocycles. The van der Waals surface area contributed by atoms with Crippen LogP contribution < -0.4 is 0 Å². The highest BCUT2D eigenvalue weighted by Gasteiger charge is 2.13. The second-order valence-corrected chi connectivity index (χ2v) is 4.82. The third-order valence-corrected chi connectivity index (χ3v) is 3.34. The van der Waals surface area contributed by atoms with Crippen molar-refractivity contribution in [1.82, 2.24) is 9.80 Å². The van der Waals surface area contributed by atoms with Gasteiger partial charge in [0.2, 0.25) is 0 Å². The number of benzene rings is 1. The topological polar surface area (TPSA) is 6.48 Å². The van der Waals surface area contributed by atoms with Crippen LogP contribution in [0.25, 0.3) is 6.08 Å². The standard InChI is InChI=1S/C15H22N2/c1-3-4-14-5-7-15(8-6-14)13-17-11-9-16(2)10-12-17/h3-8H,9-13H2,1-2H3/b4-3+. The van der Waals surface area contributed by atoms with Crippen molar-refractivity contribution in [1.29, 1.82) is 0 Å². The molecule has 0 bridgehead atoms. The van der Waals surface area contributed by atoms with Gasteiger partial charge in [0.05, 0.1) is 0 Å². The fourth-order valence-electron chi connectivity index (χ4n) is 2.19. The summed E-state index contributed by atoms with van der Waals surface area (Å²) in [6.07, 6.45) is 4.22. The molecule has 1 aliphatic rings. The Morgan fingerprint density at radius 3 is 2.29 bits per heavy atom. The Hall–Kier alpha value is -1.12. The summed E-state index contributed by atoms with van der Waals surface area (Å²) in [4.78, 5) is 4.93. The Kier molecular flexibility index (Phi) is 4.35. The fraction of sp³-hybridized carbons (Fsp3) is 0.467. The van der Waals surface area contributed by atoms with Crippen LogP contribution in [0.15, 0.2) is 30.3 Å². The molecule has 0 unspecified atom stereocenters. The first-order valence-electron chi connectivity index (χ1n) is 6.40. The average Bonchev–Trinajstić information content (AvgIpc) is 2.35. The minimum Gasteiger partial charge on any atom is -0.304 e. The molecule has 0 spiro atoms. The molecule has 1 heterocycles. The fourth-order valence-corrected chi connectivity index (χ4v) is 2.19. The van der Waals surface area contributed by atoms with E-state index in [1.54, 1.807) is 0 Å².